The molecule has 0 bridgehead atoms. The van der Waals surface area contributed by atoms with Gasteiger partial charge in [0.15, 0.2) is 0 Å². The Morgan fingerprint density at radius 1 is 0.923 bits per heavy atom. The lowest BCUT2D eigenvalue weighted by molar-refractivity contribution is 0.579. The Morgan fingerprint density at radius 3 is 2.62 bits per heavy atom. The molecule has 1 aliphatic carbocycles. The van der Waals surface area contributed by atoms with Crippen molar-refractivity contribution in [2.24, 2.45) is 0 Å². The highest BCUT2D eigenvalue weighted by molar-refractivity contribution is 6.02. The summed E-state index contributed by atoms with van der Waals surface area (Å²) in [7, 11) is 0. The van der Waals surface area contributed by atoms with E-state index >= 15 is 0 Å². The summed E-state index contributed by atoms with van der Waals surface area (Å²) in [5.41, 5.74) is 5.76. The molecular formula is C24H23NO. The Bertz CT molecular complexity index is 1120. The van der Waals surface area contributed by atoms with Crippen molar-refractivity contribution in [3.05, 3.63) is 65.5 Å². The number of furan rings is 1. The van der Waals surface area contributed by atoms with Gasteiger partial charge in [-0.2, -0.15) is 0 Å². The van der Waals surface area contributed by atoms with Gasteiger partial charge in [-0.15, -0.1) is 0 Å². The molecule has 2 heteroatoms. The lowest BCUT2D eigenvalue weighted by Gasteiger charge is -2.12. The van der Waals surface area contributed by atoms with E-state index in [1.54, 1.807) is 0 Å². The molecule has 2 aromatic heterocycles. The first-order valence-electron chi connectivity index (χ1n) is 9.59. The van der Waals surface area contributed by atoms with E-state index in [0.717, 1.165) is 33.9 Å². The number of aromatic nitrogens is 1. The molecule has 5 rings (SSSR count). The van der Waals surface area contributed by atoms with Crippen molar-refractivity contribution in [1.82, 2.24) is 4.98 Å². The van der Waals surface area contributed by atoms with E-state index in [9.17, 15) is 0 Å². The maximum absolute atomic E-state index is 6.02. The van der Waals surface area contributed by atoms with Crippen LogP contribution in [0.3, 0.4) is 0 Å². The summed E-state index contributed by atoms with van der Waals surface area (Å²) in [6.45, 7) is 4.14. The summed E-state index contributed by atoms with van der Waals surface area (Å²) >= 11 is 0. The third-order valence-electron chi connectivity index (χ3n) is 5.75. The van der Waals surface area contributed by atoms with E-state index < -0.39 is 0 Å². The van der Waals surface area contributed by atoms with E-state index in [-0.39, 0.29) is 0 Å². The molecule has 0 atom stereocenters. The normalized spacial score (nSPS) is 15.3. The van der Waals surface area contributed by atoms with Crippen molar-refractivity contribution in [2.45, 2.75) is 45.4 Å². The zero-order valence-corrected chi connectivity index (χ0v) is 15.4. The lowest BCUT2D eigenvalue weighted by Crippen LogP contribution is -1.93. The molecule has 0 aliphatic heterocycles. The van der Waals surface area contributed by atoms with Gasteiger partial charge >= 0.3 is 0 Å². The Hall–Kier alpha value is -2.61. The molecule has 1 fully saturated rings. The average molecular weight is 341 g/mol. The second kappa shape index (κ2) is 5.98. The van der Waals surface area contributed by atoms with Gasteiger partial charge in [0.25, 0.3) is 0 Å². The molecule has 0 spiro atoms. The maximum atomic E-state index is 6.02. The molecule has 130 valence electrons. The fourth-order valence-corrected chi connectivity index (χ4v) is 4.53. The van der Waals surface area contributed by atoms with E-state index in [1.165, 1.54) is 47.6 Å². The summed E-state index contributed by atoms with van der Waals surface area (Å²) in [4.78, 5) is 4.74. The second-order valence-electron chi connectivity index (χ2n) is 7.71. The number of rotatable bonds is 2. The van der Waals surface area contributed by atoms with Crippen LogP contribution in [0.15, 0.2) is 53.1 Å². The molecule has 0 amide bonds. The van der Waals surface area contributed by atoms with E-state index in [1.807, 2.05) is 13.1 Å². The number of fused-ring (bicyclic) bond motifs is 2. The molecule has 0 unspecified atom stereocenters. The highest BCUT2D eigenvalue weighted by Crippen LogP contribution is 2.38. The molecule has 1 aliphatic rings. The first kappa shape index (κ1) is 15.6. The van der Waals surface area contributed by atoms with Crippen LogP contribution in [0.25, 0.3) is 33.0 Å². The van der Waals surface area contributed by atoms with Gasteiger partial charge in [-0.1, -0.05) is 31.0 Å². The molecule has 2 aromatic carbocycles. The largest absolute Gasteiger partial charge is 0.461 e. The van der Waals surface area contributed by atoms with Crippen LogP contribution in [0.4, 0.5) is 0 Å². The van der Waals surface area contributed by atoms with Gasteiger partial charge in [0.05, 0.1) is 5.69 Å². The quantitative estimate of drug-likeness (QED) is 0.395. The average Bonchev–Trinajstić information content (AvgIpc) is 3.29. The minimum Gasteiger partial charge on any atom is -0.461 e. The summed E-state index contributed by atoms with van der Waals surface area (Å²) < 4.78 is 6.02. The molecule has 2 nitrogen and oxygen atoms in total. The molecule has 2 heterocycles. The minimum absolute atomic E-state index is 0.731. The number of pyridine rings is 1. The summed E-state index contributed by atoms with van der Waals surface area (Å²) in [6, 6.07) is 15.6. The van der Waals surface area contributed by atoms with Crippen LogP contribution in [0.2, 0.25) is 0 Å². The van der Waals surface area contributed by atoms with Crippen molar-refractivity contribution >= 4 is 21.7 Å². The Balaban J connectivity index is 1.72. The number of aryl methyl sites for hydroxylation is 2. The van der Waals surface area contributed by atoms with Crippen molar-refractivity contribution in [3.8, 4) is 11.3 Å². The van der Waals surface area contributed by atoms with Crippen molar-refractivity contribution < 1.29 is 4.42 Å². The fraction of sp³-hybridized carbons (Fsp3) is 0.292. The standard InChI is InChI=1S/C24H23NO/c1-15-11-20-13-16(2)26-24(20)22(12-15)23-21-8-7-18(17-5-3-4-6-17)14-19(21)9-10-25-23/h7-14,17H,3-6H2,1-2H3. The van der Waals surface area contributed by atoms with Crippen molar-refractivity contribution in [2.75, 3.05) is 0 Å². The van der Waals surface area contributed by atoms with Gasteiger partial charge in [0, 0.05) is 22.5 Å². The molecule has 26 heavy (non-hydrogen) atoms. The topological polar surface area (TPSA) is 26.0 Å². The second-order valence-corrected chi connectivity index (χ2v) is 7.71. The van der Waals surface area contributed by atoms with Gasteiger partial charge in [-0.3, -0.25) is 4.98 Å². The zero-order valence-electron chi connectivity index (χ0n) is 15.4. The Morgan fingerprint density at radius 2 is 1.77 bits per heavy atom. The lowest BCUT2D eigenvalue weighted by atomic mass is 9.93. The Labute approximate surface area is 153 Å². The van der Waals surface area contributed by atoms with Crippen LogP contribution in [0.1, 0.15) is 48.5 Å². The maximum Gasteiger partial charge on any atom is 0.143 e. The van der Waals surface area contributed by atoms with Crippen LogP contribution in [-0.2, 0) is 0 Å². The van der Waals surface area contributed by atoms with E-state index in [4.69, 9.17) is 9.40 Å². The first-order valence-corrected chi connectivity index (χ1v) is 9.59. The molecular weight excluding hydrogens is 318 g/mol. The van der Waals surface area contributed by atoms with Crippen LogP contribution in [0, 0.1) is 13.8 Å². The van der Waals surface area contributed by atoms with Crippen LogP contribution < -0.4 is 0 Å². The molecule has 0 saturated heterocycles. The van der Waals surface area contributed by atoms with Crippen molar-refractivity contribution in [3.63, 3.8) is 0 Å². The smallest absolute Gasteiger partial charge is 0.143 e. The number of nitrogens with zero attached hydrogens (tertiary/aromatic N) is 1. The first-order chi connectivity index (χ1) is 12.7. The third-order valence-corrected chi connectivity index (χ3v) is 5.75. The molecule has 0 radical (unpaired) electrons. The number of hydrogen-bond acceptors (Lipinski definition) is 2. The molecule has 0 N–H and O–H groups in total. The highest BCUT2D eigenvalue weighted by Gasteiger charge is 2.18. The van der Waals surface area contributed by atoms with Crippen LogP contribution in [-0.4, -0.2) is 4.98 Å². The van der Waals surface area contributed by atoms with Crippen LogP contribution in [0.5, 0.6) is 0 Å². The SMILES string of the molecule is Cc1cc(-c2nccc3cc(C4CCCC4)ccc23)c2oc(C)cc2c1. The summed E-state index contributed by atoms with van der Waals surface area (Å²) in [5, 5.41) is 3.63. The van der Waals surface area contributed by atoms with Crippen molar-refractivity contribution in [1.29, 1.82) is 0 Å². The number of benzene rings is 2. The summed E-state index contributed by atoms with van der Waals surface area (Å²) in [6.07, 6.45) is 7.31. The van der Waals surface area contributed by atoms with E-state index in [2.05, 4.69) is 49.4 Å². The monoisotopic (exact) mass is 341 g/mol. The summed E-state index contributed by atoms with van der Waals surface area (Å²) in [5.74, 6) is 1.67. The van der Waals surface area contributed by atoms with Gasteiger partial charge in [-0.05, 0) is 73.4 Å². The van der Waals surface area contributed by atoms with Crippen LogP contribution >= 0.6 is 0 Å². The van der Waals surface area contributed by atoms with Gasteiger partial charge in [0.1, 0.15) is 11.3 Å². The minimum atomic E-state index is 0.731. The van der Waals surface area contributed by atoms with Gasteiger partial charge < -0.3 is 4.42 Å². The fourth-order valence-electron chi connectivity index (χ4n) is 4.53. The molecule has 1 saturated carbocycles. The van der Waals surface area contributed by atoms with E-state index in [0.29, 0.717) is 0 Å². The zero-order chi connectivity index (χ0) is 17.7. The third kappa shape index (κ3) is 2.52. The van der Waals surface area contributed by atoms with Gasteiger partial charge in [-0.25, -0.2) is 0 Å². The predicted octanol–water partition coefficient (Wildman–Crippen LogP) is 6.92. The number of hydrogen-bond donors (Lipinski definition) is 0. The van der Waals surface area contributed by atoms with Gasteiger partial charge in [0.2, 0.25) is 0 Å². The highest BCUT2D eigenvalue weighted by atomic mass is 16.3. The molecule has 4 aromatic rings. The predicted molar refractivity (Wildman–Crippen MR) is 108 cm³/mol. The Kier molecular flexibility index (Phi) is 3.59.